The van der Waals surface area contributed by atoms with Gasteiger partial charge in [0.2, 0.25) is 0 Å². The number of phenols is 1. The second-order valence-corrected chi connectivity index (χ2v) is 4.01. The zero-order valence-electron chi connectivity index (χ0n) is 10.0. The van der Waals surface area contributed by atoms with Crippen LogP contribution < -0.4 is 0 Å². The third-order valence-electron chi connectivity index (χ3n) is 2.52. The summed E-state index contributed by atoms with van der Waals surface area (Å²) in [5.74, 6) is 0.0620. The Hall–Kier alpha value is -2.20. The molecule has 0 aromatic heterocycles. The molecule has 0 atom stereocenters. The summed E-state index contributed by atoms with van der Waals surface area (Å²) in [5, 5.41) is 26.6. The van der Waals surface area contributed by atoms with Gasteiger partial charge < -0.3 is 10.2 Å². The molecule has 2 rings (SSSR count). The highest BCUT2D eigenvalue weighted by molar-refractivity contribution is 5.47. The smallest absolute Gasteiger partial charge is 0.121 e. The van der Waals surface area contributed by atoms with E-state index in [-0.39, 0.29) is 12.4 Å². The predicted molar refractivity (Wildman–Crippen MR) is 69.4 cm³/mol. The zero-order valence-corrected chi connectivity index (χ0v) is 10.0. The average molecular weight is 242 g/mol. The van der Waals surface area contributed by atoms with Crippen LogP contribution >= 0.6 is 0 Å². The molecule has 0 aliphatic rings. The number of rotatable bonds is 3. The molecule has 0 bridgehead atoms. The van der Waals surface area contributed by atoms with Gasteiger partial charge >= 0.3 is 0 Å². The van der Waals surface area contributed by atoms with Gasteiger partial charge in [-0.1, -0.05) is 12.1 Å². The molecule has 4 heteroatoms. The third-order valence-corrected chi connectivity index (χ3v) is 2.52. The predicted octanol–water partition coefficient (Wildman–Crippen LogP) is 3.61. The van der Waals surface area contributed by atoms with E-state index in [2.05, 4.69) is 10.2 Å². The summed E-state index contributed by atoms with van der Waals surface area (Å²) >= 11 is 0. The van der Waals surface area contributed by atoms with E-state index in [4.69, 9.17) is 5.11 Å². The van der Waals surface area contributed by atoms with E-state index >= 15 is 0 Å². The Labute approximate surface area is 105 Å². The van der Waals surface area contributed by atoms with E-state index in [1.165, 1.54) is 6.07 Å². The van der Waals surface area contributed by atoms with Crippen LogP contribution in [0.4, 0.5) is 11.4 Å². The van der Waals surface area contributed by atoms with Gasteiger partial charge in [-0.15, -0.1) is 0 Å². The van der Waals surface area contributed by atoms with Crippen LogP contribution in [0.2, 0.25) is 0 Å². The number of azo groups is 1. The molecule has 0 saturated carbocycles. The van der Waals surface area contributed by atoms with Crippen LogP contribution in [0.25, 0.3) is 0 Å². The number of aliphatic hydroxyl groups excluding tert-OH is 1. The first-order valence-electron chi connectivity index (χ1n) is 5.60. The lowest BCUT2D eigenvalue weighted by atomic mass is 10.2. The number of aryl methyl sites for hydroxylation is 1. The molecule has 92 valence electrons. The molecular weight excluding hydrogens is 228 g/mol. The number of hydrogen-bond acceptors (Lipinski definition) is 4. The summed E-state index contributed by atoms with van der Waals surface area (Å²) in [6.07, 6.45) is 0. The van der Waals surface area contributed by atoms with Gasteiger partial charge in [0, 0.05) is 5.56 Å². The molecule has 0 heterocycles. The summed E-state index contributed by atoms with van der Waals surface area (Å²) in [5.41, 5.74) is 2.93. The van der Waals surface area contributed by atoms with Gasteiger partial charge in [-0.3, -0.25) is 0 Å². The highest BCUT2D eigenvalue weighted by Gasteiger charge is 2.00. The van der Waals surface area contributed by atoms with E-state index in [1.54, 1.807) is 12.1 Å². The Morgan fingerprint density at radius 1 is 1.00 bits per heavy atom. The normalized spacial score (nSPS) is 11.0. The van der Waals surface area contributed by atoms with Crippen molar-refractivity contribution >= 4 is 11.4 Å². The largest absolute Gasteiger partial charge is 0.508 e. The standard InChI is InChI=1S/C14H14N2O2/c1-10-3-2-4-12(7-10)15-16-13-5-6-14(18)11(8-13)9-17/h2-8,17-18H,9H2,1H3. The third kappa shape index (κ3) is 2.93. The van der Waals surface area contributed by atoms with Gasteiger partial charge in [0.1, 0.15) is 5.75 Å². The number of benzene rings is 2. The molecule has 0 aliphatic heterocycles. The summed E-state index contributed by atoms with van der Waals surface area (Å²) in [7, 11) is 0. The minimum atomic E-state index is -0.223. The van der Waals surface area contributed by atoms with Crippen molar-refractivity contribution in [1.29, 1.82) is 0 Å². The van der Waals surface area contributed by atoms with Crippen LogP contribution in [-0.2, 0) is 6.61 Å². The van der Waals surface area contributed by atoms with Crippen molar-refractivity contribution in [2.45, 2.75) is 13.5 Å². The van der Waals surface area contributed by atoms with Gasteiger partial charge in [-0.05, 0) is 42.8 Å². The second-order valence-electron chi connectivity index (χ2n) is 4.01. The van der Waals surface area contributed by atoms with Crippen molar-refractivity contribution in [3.8, 4) is 5.75 Å². The molecule has 0 radical (unpaired) electrons. The van der Waals surface area contributed by atoms with Crippen molar-refractivity contribution in [2.24, 2.45) is 10.2 Å². The van der Waals surface area contributed by atoms with Gasteiger partial charge in [0.15, 0.2) is 0 Å². The van der Waals surface area contributed by atoms with Crippen molar-refractivity contribution in [1.82, 2.24) is 0 Å². The highest BCUT2D eigenvalue weighted by atomic mass is 16.3. The Morgan fingerprint density at radius 3 is 2.39 bits per heavy atom. The summed E-state index contributed by atoms with van der Waals surface area (Å²) in [6, 6.07) is 12.4. The Morgan fingerprint density at radius 2 is 1.72 bits per heavy atom. The quantitative estimate of drug-likeness (QED) is 0.807. The molecule has 2 N–H and O–H groups in total. The maximum absolute atomic E-state index is 9.42. The SMILES string of the molecule is Cc1cccc(N=Nc2ccc(O)c(CO)c2)c1. The molecular formula is C14H14N2O2. The molecule has 0 aliphatic carbocycles. The van der Waals surface area contributed by atoms with Crippen LogP contribution in [0.3, 0.4) is 0 Å². The molecule has 0 saturated heterocycles. The first-order valence-corrected chi connectivity index (χ1v) is 5.60. The van der Waals surface area contributed by atoms with Crippen LogP contribution in [0, 0.1) is 6.92 Å². The molecule has 2 aromatic carbocycles. The Balaban J connectivity index is 2.23. The lowest BCUT2D eigenvalue weighted by Crippen LogP contribution is -1.82. The molecule has 0 fully saturated rings. The fourth-order valence-corrected chi connectivity index (χ4v) is 1.57. The number of hydrogen-bond donors (Lipinski definition) is 2. The lowest BCUT2D eigenvalue weighted by molar-refractivity contribution is 0.275. The fourth-order valence-electron chi connectivity index (χ4n) is 1.57. The van der Waals surface area contributed by atoms with Crippen LogP contribution in [0.5, 0.6) is 5.75 Å². The van der Waals surface area contributed by atoms with Gasteiger partial charge in [0.05, 0.1) is 18.0 Å². The Kier molecular flexibility index (Phi) is 3.69. The summed E-state index contributed by atoms with van der Waals surface area (Å²) < 4.78 is 0. The lowest BCUT2D eigenvalue weighted by Gasteiger charge is -2.01. The molecule has 0 spiro atoms. The first kappa shape index (κ1) is 12.3. The molecule has 0 amide bonds. The van der Waals surface area contributed by atoms with E-state index in [9.17, 15) is 5.11 Å². The average Bonchev–Trinajstić information content (AvgIpc) is 2.38. The zero-order chi connectivity index (χ0) is 13.0. The number of aromatic hydroxyl groups is 1. The van der Waals surface area contributed by atoms with E-state index < -0.39 is 0 Å². The minimum Gasteiger partial charge on any atom is -0.508 e. The fraction of sp³-hybridized carbons (Fsp3) is 0.143. The molecule has 0 unspecified atom stereocenters. The van der Waals surface area contributed by atoms with Crippen LogP contribution in [0.15, 0.2) is 52.7 Å². The second kappa shape index (κ2) is 5.42. The van der Waals surface area contributed by atoms with E-state index in [0.717, 1.165) is 11.3 Å². The van der Waals surface area contributed by atoms with Crippen molar-refractivity contribution in [2.75, 3.05) is 0 Å². The van der Waals surface area contributed by atoms with Crippen LogP contribution in [-0.4, -0.2) is 10.2 Å². The maximum Gasteiger partial charge on any atom is 0.121 e. The summed E-state index contributed by atoms with van der Waals surface area (Å²) in [4.78, 5) is 0. The van der Waals surface area contributed by atoms with Crippen molar-refractivity contribution < 1.29 is 10.2 Å². The van der Waals surface area contributed by atoms with Crippen molar-refractivity contribution in [3.63, 3.8) is 0 Å². The number of aliphatic hydroxyl groups is 1. The highest BCUT2D eigenvalue weighted by Crippen LogP contribution is 2.25. The maximum atomic E-state index is 9.42. The molecule has 2 aromatic rings. The first-order chi connectivity index (χ1) is 8.69. The van der Waals surface area contributed by atoms with E-state index in [0.29, 0.717) is 11.3 Å². The number of nitrogens with zero attached hydrogens (tertiary/aromatic N) is 2. The van der Waals surface area contributed by atoms with Crippen molar-refractivity contribution in [3.05, 3.63) is 53.6 Å². The molecule has 18 heavy (non-hydrogen) atoms. The van der Waals surface area contributed by atoms with Gasteiger partial charge in [0.25, 0.3) is 0 Å². The Bertz CT molecular complexity index is 580. The monoisotopic (exact) mass is 242 g/mol. The summed E-state index contributed by atoms with van der Waals surface area (Å²) in [6.45, 7) is 1.77. The minimum absolute atomic E-state index is 0.0620. The van der Waals surface area contributed by atoms with Crippen LogP contribution in [0.1, 0.15) is 11.1 Å². The van der Waals surface area contributed by atoms with Gasteiger partial charge in [-0.2, -0.15) is 10.2 Å². The topological polar surface area (TPSA) is 65.2 Å². The van der Waals surface area contributed by atoms with E-state index in [1.807, 2.05) is 31.2 Å². The van der Waals surface area contributed by atoms with Gasteiger partial charge in [-0.25, -0.2) is 0 Å². The molecule has 4 nitrogen and oxygen atoms in total.